The van der Waals surface area contributed by atoms with Crippen LogP contribution in [0.4, 0.5) is 0 Å². The number of hydrogen-bond donors (Lipinski definition) is 3. The highest BCUT2D eigenvalue weighted by atomic mass is 31.2. The van der Waals surface area contributed by atoms with Gasteiger partial charge in [0.15, 0.2) is 12.2 Å². The molecule has 0 saturated carbocycles. The van der Waals surface area contributed by atoms with Gasteiger partial charge in [0.2, 0.25) is 0 Å². The fourth-order valence-electron chi connectivity index (χ4n) is 7.95. The molecule has 0 radical (unpaired) electrons. The van der Waals surface area contributed by atoms with Crippen LogP contribution in [-0.2, 0) is 65.4 Å². The van der Waals surface area contributed by atoms with Crippen molar-refractivity contribution in [3.63, 3.8) is 0 Å². The third-order valence-corrected chi connectivity index (χ3v) is 15.0. The van der Waals surface area contributed by atoms with Crippen LogP contribution in [0.5, 0.6) is 0 Å². The van der Waals surface area contributed by atoms with E-state index in [-0.39, 0.29) is 25.7 Å². The minimum absolute atomic E-state index is 0.0524. The zero-order chi connectivity index (χ0) is 70.4. The number of hydrogen-bond acceptors (Lipinski definition) is 15. The Morgan fingerprint density at radius 1 is 0.312 bits per heavy atom. The first-order valence-corrected chi connectivity index (χ1v) is 37.7. The summed E-state index contributed by atoms with van der Waals surface area (Å²) in [5.74, 6) is -2.67. The van der Waals surface area contributed by atoms with E-state index < -0.39 is 97.5 Å². The molecule has 5 unspecified atom stereocenters. The van der Waals surface area contributed by atoms with Crippen molar-refractivity contribution in [3.05, 3.63) is 194 Å². The van der Waals surface area contributed by atoms with Crippen LogP contribution in [0.1, 0.15) is 207 Å². The molecule has 0 heterocycles. The molecule has 17 nitrogen and oxygen atoms in total. The standard InChI is InChI=1S/C77H118O17P2/c1-5-9-13-17-21-25-29-32-35-38-42-45-49-53-57-61-74(79)87-67-72(93-76(81)63-59-55-51-47-41-28-24-20-16-12-8-4)69-91-95(83,84)89-65-71(78)66-90-96(85,86)92-70-73(94-77(82)64-60-56-52-48-44-40-37-34-31-27-23-19-15-11-7-3)68-88-75(80)62-58-54-50-46-43-39-36-33-30-26-22-18-14-10-6-2/h9-11,13-15,20-27,32-37,42-46,48,53-54,56-58,60,71-73,78H,5-8,12,16-19,28-31,38-41,47,49-52,55,59,61-70H2,1-4H3,(H,83,84)(H,85,86)/b13-9-,14-10-,15-11-,24-20-,25-21-,26-22-,27-23-,35-32-,36-33-,37-34-,45-42-,46-43-,48-44-,57-53-,58-54-,60-56-. The monoisotopic (exact) mass is 1380 g/mol. The number of aliphatic hydroxyl groups excluding tert-OH is 1. The van der Waals surface area contributed by atoms with Crippen molar-refractivity contribution in [3.8, 4) is 0 Å². The number of carbonyl (C=O) groups excluding carboxylic acids is 4. The average molecular weight is 1380 g/mol. The Kier molecular flexibility index (Phi) is 63.2. The lowest BCUT2D eigenvalue weighted by molar-refractivity contribution is -0.160. The summed E-state index contributed by atoms with van der Waals surface area (Å²) in [5, 5.41) is 10.6. The molecule has 0 aromatic carbocycles. The third-order valence-electron chi connectivity index (χ3n) is 13.1. The first-order chi connectivity index (χ1) is 46.7. The molecule has 19 heteroatoms. The Morgan fingerprint density at radius 2 is 0.583 bits per heavy atom. The largest absolute Gasteiger partial charge is 0.472 e. The number of aliphatic hydroxyl groups is 1. The van der Waals surface area contributed by atoms with Gasteiger partial charge in [-0.05, 0) is 122 Å². The minimum atomic E-state index is -5.03. The maximum atomic E-state index is 13.0. The predicted octanol–water partition coefficient (Wildman–Crippen LogP) is 19.4. The smallest absolute Gasteiger partial charge is 0.461 e. The highest BCUT2D eigenvalue weighted by molar-refractivity contribution is 7.47. The van der Waals surface area contributed by atoms with Gasteiger partial charge >= 0.3 is 39.5 Å². The van der Waals surface area contributed by atoms with Gasteiger partial charge in [-0.3, -0.25) is 37.3 Å². The first kappa shape index (κ1) is 89.9. The maximum absolute atomic E-state index is 13.0. The van der Waals surface area contributed by atoms with Crippen LogP contribution in [0.3, 0.4) is 0 Å². The molecular weight excluding hydrogens is 1260 g/mol. The molecule has 538 valence electrons. The number of carbonyl (C=O) groups is 4. The first-order valence-electron chi connectivity index (χ1n) is 34.7. The zero-order valence-corrected chi connectivity index (χ0v) is 60.0. The van der Waals surface area contributed by atoms with E-state index in [2.05, 4.69) is 149 Å². The second-order valence-electron chi connectivity index (χ2n) is 22.0. The molecule has 0 saturated heterocycles. The van der Waals surface area contributed by atoms with E-state index in [1.165, 1.54) is 6.42 Å². The number of phosphoric ester groups is 2. The summed E-state index contributed by atoms with van der Waals surface area (Å²) in [6.45, 7) is 4.05. The fourth-order valence-corrected chi connectivity index (χ4v) is 9.53. The van der Waals surface area contributed by atoms with E-state index >= 15 is 0 Å². The Hall–Kier alpha value is -6.10. The molecule has 0 fully saturated rings. The maximum Gasteiger partial charge on any atom is 0.472 e. The molecule has 0 aliphatic rings. The van der Waals surface area contributed by atoms with Gasteiger partial charge in [-0.1, -0.05) is 254 Å². The quantitative estimate of drug-likeness (QED) is 0.0169. The second-order valence-corrected chi connectivity index (χ2v) is 24.9. The number of ether oxygens (including phenoxy) is 4. The van der Waals surface area contributed by atoms with Crippen LogP contribution in [-0.4, -0.2) is 96.7 Å². The molecule has 0 amide bonds. The van der Waals surface area contributed by atoms with E-state index in [0.29, 0.717) is 25.7 Å². The molecule has 0 aromatic heterocycles. The lowest BCUT2D eigenvalue weighted by atomic mass is 10.1. The van der Waals surface area contributed by atoms with Gasteiger partial charge in [-0.15, -0.1) is 0 Å². The van der Waals surface area contributed by atoms with E-state index in [1.54, 1.807) is 30.4 Å². The van der Waals surface area contributed by atoms with Gasteiger partial charge in [0.1, 0.15) is 19.3 Å². The number of allylic oxidation sites excluding steroid dienone is 29. The van der Waals surface area contributed by atoms with Crippen molar-refractivity contribution >= 4 is 39.5 Å². The van der Waals surface area contributed by atoms with Gasteiger partial charge in [0.05, 0.1) is 45.7 Å². The van der Waals surface area contributed by atoms with Gasteiger partial charge in [-0.2, -0.15) is 0 Å². The molecule has 0 aromatic rings. The van der Waals surface area contributed by atoms with E-state index in [4.69, 9.17) is 37.0 Å². The lowest BCUT2D eigenvalue weighted by Crippen LogP contribution is -2.30. The van der Waals surface area contributed by atoms with Crippen LogP contribution in [0, 0.1) is 0 Å². The van der Waals surface area contributed by atoms with Gasteiger partial charge in [-0.25, -0.2) is 9.13 Å². The lowest BCUT2D eigenvalue weighted by Gasteiger charge is -2.21. The van der Waals surface area contributed by atoms with Crippen molar-refractivity contribution in [1.29, 1.82) is 0 Å². The van der Waals surface area contributed by atoms with Gasteiger partial charge in [0.25, 0.3) is 0 Å². The Labute approximate surface area is 576 Å². The molecule has 0 spiro atoms. The topological polar surface area (TPSA) is 237 Å². The molecular formula is C77H118O17P2. The number of unbranched alkanes of at least 4 members (excludes halogenated alkanes) is 7. The Balaban J connectivity index is 5.57. The van der Waals surface area contributed by atoms with Crippen molar-refractivity contribution in [2.75, 3.05) is 39.6 Å². The average Bonchev–Trinajstić information content (AvgIpc) is 1.09. The van der Waals surface area contributed by atoms with E-state index in [1.807, 2.05) is 42.5 Å². The highest BCUT2D eigenvalue weighted by Gasteiger charge is 2.30. The van der Waals surface area contributed by atoms with Crippen LogP contribution in [0.2, 0.25) is 0 Å². The van der Waals surface area contributed by atoms with E-state index in [0.717, 1.165) is 122 Å². The minimum Gasteiger partial charge on any atom is -0.461 e. The van der Waals surface area contributed by atoms with Gasteiger partial charge < -0.3 is 33.8 Å². The summed E-state index contributed by atoms with van der Waals surface area (Å²) in [5.41, 5.74) is 0. The van der Waals surface area contributed by atoms with Crippen LogP contribution >= 0.6 is 15.6 Å². The molecule has 0 aliphatic carbocycles. The number of esters is 4. The van der Waals surface area contributed by atoms with Gasteiger partial charge in [0, 0.05) is 6.42 Å². The Bertz CT molecular complexity index is 2590. The SMILES string of the molecule is CC/C=C\C/C=C\C/C=C\C/C=C\C/C=C\CC(=O)OCC(COP(=O)(O)OCC(O)COP(=O)(O)OCC(COC(=O)C/C=C\C/C=C\C/C=C\C/C=C\C/C=C\CC)OC(=O)CCCCCCC/C=C\CCCC)OC(=O)C/C=C\C/C=C\C/C=C\C/C=C\C/C=C\CC. The summed E-state index contributed by atoms with van der Waals surface area (Å²) in [6, 6.07) is 0. The summed E-state index contributed by atoms with van der Waals surface area (Å²) >= 11 is 0. The summed E-state index contributed by atoms with van der Waals surface area (Å²) < 4.78 is 67.8. The van der Waals surface area contributed by atoms with Crippen LogP contribution in [0.25, 0.3) is 0 Å². The molecule has 0 aliphatic heterocycles. The molecule has 3 N–H and O–H groups in total. The molecule has 0 bridgehead atoms. The van der Waals surface area contributed by atoms with Crippen molar-refractivity contribution < 1.29 is 80.2 Å². The molecule has 0 rings (SSSR count). The van der Waals surface area contributed by atoms with Crippen LogP contribution in [0.15, 0.2) is 194 Å². The third kappa shape index (κ3) is 66.5. The Morgan fingerprint density at radius 3 is 0.917 bits per heavy atom. The van der Waals surface area contributed by atoms with E-state index in [9.17, 15) is 43.2 Å². The summed E-state index contributed by atoms with van der Waals surface area (Å²) in [7, 11) is -10.0. The van der Waals surface area contributed by atoms with Crippen LogP contribution < -0.4 is 0 Å². The normalized spacial score (nSPS) is 15.2. The highest BCUT2D eigenvalue weighted by Crippen LogP contribution is 2.45. The van der Waals surface area contributed by atoms with Crippen molar-refractivity contribution in [2.45, 2.75) is 226 Å². The summed E-state index contributed by atoms with van der Waals surface area (Å²) in [4.78, 5) is 72.4. The predicted molar refractivity (Wildman–Crippen MR) is 389 cm³/mol. The second kappa shape index (κ2) is 67.5. The van der Waals surface area contributed by atoms with Crippen molar-refractivity contribution in [2.24, 2.45) is 0 Å². The van der Waals surface area contributed by atoms with Crippen molar-refractivity contribution in [1.82, 2.24) is 0 Å². The number of rotatable bonds is 62. The molecule has 5 atom stereocenters. The zero-order valence-electron chi connectivity index (χ0n) is 58.2. The molecule has 96 heavy (non-hydrogen) atoms. The fraction of sp³-hybridized carbons (Fsp3) is 0.532. The number of phosphoric acid groups is 2. The summed E-state index contributed by atoms with van der Waals surface area (Å²) in [6.07, 6.45) is 81.2.